The fourth-order valence-electron chi connectivity index (χ4n) is 3.28. The van der Waals surface area contributed by atoms with Gasteiger partial charge in [-0.15, -0.1) is 0 Å². The Balaban J connectivity index is 1.41. The fraction of sp³-hybridized carbons (Fsp3) is 0.385. The highest BCUT2D eigenvalue weighted by molar-refractivity contribution is 6.08. The van der Waals surface area contributed by atoms with E-state index in [0.717, 1.165) is 0 Å². The van der Waals surface area contributed by atoms with E-state index in [-0.39, 0.29) is 18.1 Å². The molecule has 0 saturated heterocycles. The minimum Gasteiger partial charge on any atom is -0.493 e. The number of aromatic amines is 2. The summed E-state index contributed by atoms with van der Waals surface area (Å²) in [7, 11) is 0. The van der Waals surface area contributed by atoms with E-state index in [2.05, 4.69) is 15.3 Å². The molecule has 0 fully saturated rings. The van der Waals surface area contributed by atoms with Gasteiger partial charge >= 0.3 is 5.69 Å². The molecule has 188 valence electrons. The molecule has 2 aromatic carbocycles. The van der Waals surface area contributed by atoms with Gasteiger partial charge in [0, 0.05) is 30.3 Å². The summed E-state index contributed by atoms with van der Waals surface area (Å²) in [6, 6.07) is 14.4. The Morgan fingerprint density at radius 1 is 0.971 bits per heavy atom. The number of aromatic nitrogens is 2. The summed E-state index contributed by atoms with van der Waals surface area (Å²) in [6.45, 7) is 7.19. The number of ether oxygens (including phenoxy) is 3. The van der Waals surface area contributed by atoms with Crippen molar-refractivity contribution in [2.75, 3.05) is 26.4 Å². The standard InChI is InChI=1S/C26H33N3O6/c1-17(2)27-15-20(30)16-35-23-8-5-4-7-22(23)34-14-6-13-33-21-11-9-19(10-12-21)25(31)24-18(3)28-26(32)29-24/h4-5,7-12,17,20,27,30H,6,13-16H2,1-3H3,(H2,28,29,32). The Morgan fingerprint density at radius 2 is 1.63 bits per heavy atom. The van der Waals surface area contributed by atoms with Crippen LogP contribution in [0.25, 0.3) is 0 Å². The predicted molar refractivity (Wildman–Crippen MR) is 133 cm³/mol. The van der Waals surface area contributed by atoms with Crippen molar-refractivity contribution < 1.29 is 24.1 Å². The molecule has 3 rings (SSSR count). The van der Waals surface area contributed by atoms with E-state index in [1.807, 2.05) is 38.1 Å². The van der Waals surface area contributed by atoms with E-state index in [1.165, 1.54) is 0 Å². The second-order valence-electron chi connectivity index (χ2n) is 8.46. The van der Waals surface area contributed by atoms with Crippen molar-refractivity contribution in [2.24, 2.45) is 0 Å². The maximum absolute atomic E-state index is 12.5. The number of ketones is 1. The second kappa shape index (κ2) is 12.8. The van der Waals surface area contributed by atoms with Crippen molar-refractivity contribution in [2.45, 2.75) is 39.3 Å². The molecule has 0 aliphatic heterocycles. The van der Waals surface area contributed by atoms with Crippen molar-refractivity contribution in [3.8, 4) is 17.2 Å². The number of benzene rings is 2. The van der Waals surface area contributed by atoms with Crippen molar-refractivity contribution in [3.05, 3.63) is 76.0 Å². The maximum Gasteiger partial charge on any atom is 0.323 e. The third kappa shape index (κ3) is 8.01. The van der Waals surface area contributed by atoms with Gasteiger partial charge in [-0.05, 0) is 43.3 Å². The number of H-pyrrole nitrogens is 2. The molecule has 4 N–H and O–H groups in total. The lowest BCUT2D eigenvalue weighted by molar-refractivity contribution is 0.102. The number of nitrogens with one attached hydrogen (secondary N) is 3. The van der Waals surface area contributed by atoms with Crippen molar-refractivity contribution in [3.63, 3.8) is 0 Å². The summed E-state index contributed by atoms with van der Waals surface area (Å²) in [5.74, 6) is 1.56. The molecule has 1 heterocycles. The number of para-hydroxylation sites is 2. The van der Waals surface area contributed by atoms with Gasteiger partial charge in [-0.1, -0.05) is 26.0 Å². The normalized spacial score (nSPS) is 11.9. The molecule has 0 radical (unpaired) electrons. The summed E-state index contributed by atoms with van der Waals surface area (Å²) < 4.78 is 17.3. The number of carbonyl (C=O) groups excluding carboxylic acids is 1. The van der Waals surface area contributed by atoms with Gasteiger partial charge in [0.1, 0.15) is 24.2 Å². The first-order chi connectivity index (χ1) is 16.8. The molecule has 35 heavy (non-hydrogen) atoms. The average Bonchev–Trinajstić information content (AvgIpc) is 3.19. The minimum atomic E-state index is -0.616. The molecule has 9 heteroatoms. The summed E-state index contributed by atoms with van der Waals surface area (Å²) in [6.07, 6.45) is 0.0228. The molecular formula is C26H33N3O6. The van der Waals surface area contributed by atoms with E-state index in [4.69, 9.17) is 14.2 Å². The highest BCUT2D eigenvalue weighted by atomic mass is 16.5. The Bertz CT molecular complexity index is 1140. The number of aryl methyl sites for hydroxylation is 1. The average molecular weight is 484 g/mol. The fourth-order valence-corrected chi connectivity index (χ4v) is 3.28. The molecule has 9 nitrogen and oxygen atoms in total. The van der Waals surface area contributed by atoms with Gasteiger partial charge in [-0.3, -0.25) is 4.79 Å². The molecule has 1 atom stereocenters. The molecule has 0 spiro atoms. The van der Waals surface area contributed by atoms with Gasteiger partial charge in [0.15, 0.2) is 11.5 Å². The molecule has 1 unspecified atom stereocenters. The lowest BCUT2D eigenvalue weighted by Crippen LogP contribution is -2.35. The quantitative estimate of drug-likeness (QED) is 0.205. The largest absolute Gasteiger partial charge is 0.493 e. The summed E-state index contributed by atoms with van der Waals surface area (Å²) in [5, 5.41) is 13.2. The van der Waals surface area contributed by atoms with Gasteiger partial charge in [0.25, 0.3) is 0 Å². The van der Waals surface area contributed by atoms with Crippen LogP contribution in [0.2, 0.25) is 0 Å². The number of carbonyl (C=O) groups is 1. The lowest BCUT2D eigenvalue weighted by Gasteiger charge is -2.17. The molecule has 0 bridgehead atoms. The molecule has 0 saturated carbocycles. The van der Waals surface area contributed by atoms with Crippen LogP contribution in [0.1, 0.15) is 42.0 Å². The van der Waals surface area contributed by atoms with Crippen LogP contribution in [-0.4, -0.2) is 59.4 Å². The lowest BCUT2D eigenvalue weighted by atomic mass is 10.1. The molecule has 0 amide bonds. The van der Waals surface area contributed by atoms with E-state index in [9.17, 15) is 14.7 Å². The van der Waals surface area contributed by atoms with Crippen LogP contribution in [0.5, 0.6) is 17.2 Å². The van der Waals surface area contributed by atoms with Crippen LogP contribution in [0.3, 0.4) is 0 Å². The van der Waals surface area contributed by atoms with Crippen LogP contribution < -0.4 is 25.2 Å². The number of hydrogen-bond acceptors (Lipinski definition) is 7. The zero-order valence-electron chi connectivity index (χ0n) is 20.3. The van der Waals surface area contributed by atoms with Crippen LogP contribution in [0, 0.1) is 6.92 Å². The number of hydrogen-bond donors (Lipinski definition) is 4. The third-order valence-corrected chi connectivity index (χ3v) is 5.12. The highest BCUT2D eigenvalue weighted by Crippen LogP contribution is 2.26. The Labute approximate surface area is 204 Å². The van der Waals surface area contributed by atoms with Gasteiger partial charge in [-0.2, -0.15) is 0 Å². The SMILES string of the molecule is Cc1[nH]c(=O)[nH]c1C(=O)c1ccc(OCCCOc2ccccc2OCC(O)CNC(C)C)cc1. The van der Waals surface area contributed by atoms with E-state index >= 15 is 0 Å². The number of aliphatic hydroxyl groups is 1. The Hall–Kier alpha value is -3.56. The van der Waals surface area contributed by atoms with Crippen LogP contribution in [-0.2, 0) is 0 Å². The number of rotatable bonds is 14. The van der Waals surface area contributed by atoms with Gasteiger partial charge in [-0.25, -0.2) is 4.79 Å². The smallest absolute Gasteiger partial charge is 0.323 e. The van der Waals surface area contributed by atoms with Gasteiger partial charge < -0.3 is 34.6 Å². The topological polar surface area (TPSA) is 126 Å². The molecular weight excluding hydrogens is 450 g/mol. The molecule has 0 aliphatic rings. The predicted octanol–water partition coefficient (Wildman–Crippen LogP) is 2.83. The number of imidazole rings is 1. The van der Waals surface area contributed by atoms with E-state index < -0.39 is 11.8 Å². The molecule has 3 aromatic rings. The van der Waals surface area contributed by atoms with Crippen LogP contribution in [0.4, 0.5) is 0 Å². The number of aliphatic hydroxyl groups excluding tert-OH is 1. The Morgan fingerprint density at radius 3 is 2.26 bits per heavy atom. The van der Waals surface area contributed by atoms with Crippen molar-refractivity contribution >= 4 is 5.78 Å². The summed E-state index contributed by atoms with van der Waals surface area (Å²) in [4.78, 5) is 29.0. The van der Waals surface area contributed by atoms with E-state index in [1.54, 1.807) is 31.2 Å². The monoisotopic (exact) mass is 483 g/mol. The van der Waals surface area contributed by atoms with Gasteiger partial charge in [0.05, 0.1) is 13.2 Å². The Kier molecular flexibility index (Phi) is 9.51. The van der Waals surface area contributed by atoms with Crippen LogP contribution in [0.15, 0.2) is 53.3 Å². The van der Waals surface area contributed by atoms with Crippen LogP contribution >= 0.6 is 0 Å². The maximum atomic E-state index is 12.5. The molecule has 0 aliphatic carbocycles. The minimum absolute atomic E-state index is 0.168. The third-order valence-electron chi connectivity index (χ3n) is 5.12. The first-order valence-corrected chi connectivity index (χ1v) is 11.7. The zero-order chi connectivity index (χ0) is 25.2. The first-order valence-electron chi connectivity index (χ1n) is 11.7. The first kappa shape index (κ1) is 26.1. The van der Waals surface area contributed by atoms with Crippen molar-refractivity contribution in [1.82, 2.24) is 15.3 Å². The summed E-state index contributed by atoms with van der Waals surface area (Å²) in [5.41, 5.74) is 0.818. The highest BCUT2D eigenvalue weighted by Gasteiger charge is 2.15. The second-order valence-corrected chi connectivity index (χ2v) is 8.46. The molecule has 1 aromatic heterocycles. The van der Waals surface area contributed by atoms with E-state index in [0.29, 0.717) is 60.7 Å². The van der Waals surface area contributed by atoms with Gasteiger partial charge in [0.2, 0.25) is 5.78 Å². The summed E-state index contributed by atoms with van der Waals surface area (Å²) >= 11 is 0. The zero-order valence-corrected chi connectivity index (χ0v) is 20.3. The van der Waals surface area contributed by atoms with Crippen molar-refractivity contribution in [1.29, 1.82) is 0 Å².